The van der Waals surface area contributed by atoms with E-state index in [2.05, 4.69) is 36.0 Å². The molecule has 2 amide bonds. The third-order valence-corrected chi connectivity index (χ3v) is 4.58. The fourth-order valence-corrected chi connectivity index (χ4v) is 3.10. The summed E-state index contributed by atoms with van der Waals surface area (Å²) in [7, 11) is 1.88. The SMILES string of the molecule is Cc1nc(SCCNC(=O)Nc2cccc(-c3nncn3C)c2C)n[nH]1. The summed E-state index contributed by atoms with van der Waals surface area (Å²) in [4.78, 5) is 16.3. The molecule has 0 saturated heterocycles. The van der Waals surface area contributed by atoms with Crippen LogP contribution in [-0.2, 0) is 7.05 Å². The quantitative estimate of drug-likeness (QED) is 0.451. The summed E-state index contributed by atoms with van der Waals surface area (Å²) in [6, 6.07) is 5.45. The summed E-state index contributed by atoms with van der Waals surface area (Å²) in [6.07, 6.45) is 1.65. The second-order valence-electron chi connectivity index (χ2n) is 5.68. The van der Waals surface area contributed by atoms with Gasteiger partial charge in [0.15, 0.2) is 5.82 Å². The van der Waals surface area contributed by atoms with Crippen molar-refractivity contribution in [2.75, 3.05) is 17.6 Å². The van der Waals surface area contributed by atoms with Crippen LogP contribution in [0.15, 0.2) is 29.7 Å². The maximum Gasteiger partial charge on any atom is 0.319 e. The Bertz CT molecular complexity index is 903. The molecule has 0 aliphatic rings. The topological polar surface area (TPSA) is 113 Å². The molecule has 3 rings (SSSR count). The average Bonchev–Trinajstić information content (AvgIpc) is 3.22. The number of thioether (sulfide) groups is 1. The molecule has 0 spiro atoms. The molecule has 10 heteroatoms. The number of H-pyrrole nitrogens is 1. The Balaban J connectivity index is 1.55. The van der Waals surface area contributed by atoms with E-state index in [0.29, 0.717) is 17.5 Å². The molecule has 2 aromatic heterocycles. The van der Waals surface area contributed by atoms with E-state index in [4.69, 9.17) is 0 Å². The van der Waals surface area contributed by atoms with Gasteiger partial charge in [0.2, 0.25) is 5.16 Å². The van der Waals surface area contributed by atoms with E-state index in [1.165, 1.54) is 11.8 Å². The lowest BCUT2D eigenvalue weighted by atomic mass is 10.1. The first kappa shape index (κ1) is 17.9. The summed E-state index contributed by atoms with van der Waals surface area (Å²) < 4.78 is 1.84. The normalized spacial score (nSPS) is 10.7. The Morgan fingerprint density at radius 1 is 1.35 bits per heavy atom. The zero-order valence-corrected chi connectivity index (χ0v) is 15.6. The van der Waals surface area contributed by atoms with Crippen LogP contribution in [0, 0.1) is 13.8 Å². The lowest BCUT2D eigenvalue weighted by Gasteiger charge is -2.12. The number of hydrogen-bond donors (Lipinski definition) is 3. The van der Waals surface area contributed by atoms with Gasteiger partial charge in [0.1, 0.15) is 12.2 Å². The minimum atomic E-state index is -0.255. The van der Waals surface area contributed by atoms with Gasteiger partial charge in [-0.3, -0.25) is 5.10 Å². The Kier molecular flexibility index (Phi) is 5.52. The van der Waals surface area contributed by atoms with Crippen LogP contribution in [0.4, 0.5) is 10.5 Å². The summed E-state index contributed by atoms with van der Waals surface area (Å²) in [5.74, 6) is 2.21. The van der Waals surface area contributed by atoms with Crippen LogP contribution in [-0.4, -0.2) is 48.3 Å². The van der Waals surface area contributed by atoms with E-state index in [-0.39, 0.29) is 6.03 Å². The number of rotatable bonds is 6. The number of aromatic amines is 1. The summed E-state index contributed by atoms with van der Waals surface area (Å²) >= 11 is 1.48. The van der Waals surface area contributed by atoms with Gasteiger partial charge in [-0.15, -0.1) is 15.3 Å². The number of nitrogens with one attached hydrogen (secondary N) is 3. The van der Waals surface area contributed by atoms with Crippen LogP contribution in [0.3, 0.4) is 0 Å². The number of aromatic nitrogens is 6. The fourth-order valence-electron chi connectivity index (χ4n) is 2.40. The van der Waals surface area contributed by atoms with E-state index < -0.39 is 0 Å². The molecule has 0 bridgehead atoms. The second-order valence-corrected chi connectivity index (χ2v) is 6.74. The first-order chi connectivity index (χ1) is 12.5. The van der Waals surface area contributed by atoms with E-state index in [0.717, 1.165) is 28.5 Å². The number of aryl methyl sites for hydroxylation is 2. The maximum atomic E-state index is 12.1. The van der Waals surface area contributed by atoms with Crippen LogP contribution in [0.1, 0.15) is 11.4 Å². The van der Waals surface area contributed by atoms with Gasteiger partial charge in [-0.25, -0.2) is 9.78 Å². The molecule has 3 aromatic rings. The van der Waals surface area contributed by atoms with Crippen molar-refractivity contribution in [1.29, 1.82) is 0 Å². The maximum absolute atomic E-state index is 12.1. The zero-order chi connectivity index (χ0) is 18.5. The number of carbonyl (C=O) groups excluding carboxylic acids is 1. The summed E-state index contributed by atoms with van der Waals surface area (Å²) in [5, 5.41) is 21.2. The molecule has 2 heterocycles. The van der Waals surface area contributed by atoms with Crippen molar-refractivity contribution in [3.8, 4) is 11.4 Å². The molecule has 0 saturated carbocycles. The highest BCUT2D eigenvalue weighted by atomic mass is 32.2. The Labute approximate surface area is 155 Å². The Morgan fingerprint density at radius 2 is 2.19 bits per heavy atom. The molecule has 0 aliphatic heterocycles. The highest BCUT2D eigenvalue weighted by Gasteiger charge is 2.12. The van der Waals surface area contributed by atoms with Gasteiger partial charge in [-0.2, -0.15) is 0 Å². The zero-order valence-electron chi connectivity index (χ0n) is 14.8. The van der Waals surface area contributed by atoms with Crippen LogP contribution in [0.25, 0.3) is 11.4 Å². The number of nitrogens with zero attached hydrogens (tertiary/aromatic N) is 5. The number of urea groups is 1. The molecule has 0 radical (unpaired) electrons. The Morgan fingerprint density at radius 3 is 2.88 bits per heavy atom. The molecule has 0 unspecified atom stereocenters. The minimum Gasteiger partial charge on any atom is -0.337 e. The van der Waals surface area contributed by atoms with Gasteiger partial charge in [-0.05, 0) is 25.5 Å². The van der Waals surface area contributed by atoms with E-state index in [1.54, 1.807) is 6.33 Å². The molecular formula is C16H20N8OS. The van der Waals surface area contributed by atoms with Gasteiger partial charge in [0.25, 0.3) is 0 Å². The first-order valence-electron chi connectivity index (χ1n) is 8.05. The van der Waals surface area contributed by atoms with Crippen molar-refractivity contribution >= 4 is 23.5 Å². The third-order valence-electron chi connectivity index (χ3n) is 3.73. The summed E-state index contributed by atoms with van der Waals surface area (Å²) in [6.45, 7) is 4.30. The van der Waals surface area contributed by atoms with Gasteiger partial charge >= 0.3 is 6.03 Å². The van der Waals surface area contributed by atoms with Gasteiger partial charge in [0.05, 0.1) is 0 Å². The molecule has 0 aliphatic carbocycles. The molecule has 1 aromatic carbocycles. The smallest absolute Gasteiger partial charge is 0.319 e. The first-order valence-corrected chi connectivity index (χ1v) is 9.04. The fraction of sp³-hybridized carbons (Fsp3) is 0.312. The van der Waals surface area contributed by atoms with Crippen LogP contribution in [0.2, 0.25) is 0 Å². The number of carbonyl (C=O) groups is 1. The minimum absolute atomic E-state index is 0.255. The lowest BCUT2D eigenvalue weighted by molar-refractivity contribution is 0.252. The van der Waals surface area contributed by atoms with Crippen LogP contribution in [0.5, 0.6) is 0 Å². The van der Waals surface area contributed by atoms with Crippen molar-refractivity contribution in [2.45, 2.75) is 19.0 Å². The molecule has 0 fully saturated rings. The largest absolute Gasteiger partial charge is 0.337 e. The van der Waals surface area contributed by atoms with Gasteiger partial charge in [0, 0.05) is 30.6 Å². The van der Waals surface area contributed by atoms with Crippen molar-refractivity contribution in [1.82, 2.24) is 35.3 Å². The predicted molar refractivity (Wildman–Crippen MR) is 100 cm³/mol. The highest BCUT2D eigenvalue weighted by molar-refractivity contribution is 7.99. The molecule has 9 nitrogen and oxygen atoms in total. The van der Waals surface area contributed by atoms with E-state index in [1.807, 2.05) is 43.7 Å². The molecule has 3 N–H and O–H groups in total. The van der Waals surface area contributed by atoms with Crippen molar-refractivity contribution in [3.05, 3.63) is 35.9 Å². The Hall–Kier alpha value is -2.88. The molecule has 26 heavy (non-hydrogen) atoms. The van der Waals surface area contributed by atoms with Crippen molar-refractivity contribution in [3.63, 3.8) is 0 Å². The third kappa shape index (κ3) is 4.20. The van der Waals surface area contributed by atoms with E-state index in [9.17, 15) is 4.79 Å². The van der Waals surface area contributed by atoms with Crippen molar-refractivity contribution in [2.24, 2.45) is 7.05 Å². The number of hydrogen-bond acceptors (Lipinski definition) is 6. The second kappa shape index (κ2) is 8.00. The summed E-state index contributed by atoms with van der Waals surface area (Å²) in [5.41, 5.74) is 2.60. The average molecular weight is 372 g/mol. The standard InChI is InChI=1S/C16H20N8OS/c1-10-12(14-22-18-9-24(14)3)5-4-6-13(10)20-15(25)17-7-8-26-16-19-11(2)21-23-16/h4-6,9H,7-8H2,1-3H3,(H2,17,20,25)(H,19,21,23). The number of anilines is 1. The van der Waals surface area contributed by atoms with Crippen LogP contribution < -0.4 is 10.6 Å². The lowest BCUT2D eigenvalue weighted by Crippen LogP contribution is -2.30. The number of benzene rings is 1. The van der Waals surface area contributed by atoms with Crippen LogP contribution >= 0.6 is 11.8 Å². The molecule has 0 atom stereocenters. The predicted octanol–water partition coefficient (Wildman–Crippen LogP) is 2.13. The molecule has 136 valence electrons. The number of amides is 2. The van der Waals surface area contributed by atoms with Gasteiger partial charge in [-0.1, -0.05) is 23.9 Å². The van der Waals surface area contributed by atoms with E-state index >= 15 is 0 Å². The van der Waals surface area contributed by atoms with Crippen molar-refractivity contribution < 1.29 is 4.79 Å². The van der Waals surface area contributed by atoms with Gasteiger partial charge < -0.3 is 15.2 Å². The molecular weight excluding hydrogens is 352 g/mol. The highest BCUT2D eigenvalue weighted by Crippen LogP contribution is 2.26. The monoisotopic (exact) mass is 372 g/mol.